The van der Waals surface area contributed by atoms with Gasteiger partial charge in [0.2, 0.25) is 0 Å². The van der Waals surface area contributed by atoms with Gasteiger partial charge in [0.25, 0.3) is 5.91 Å². The summed E-state index contributed by atoms with van der Waals surface area (Å²) in [5.41, 5.74) is 11.5. The lowest BCUT2D eigenvalue weighted by molar-refractivity contribution is -0.110. The van der Waals surface area contributed by atoms with Crippen LogP contribution in [0.2, 0.25) is 5.02 Å². The number of carbonyl (C=O) groups is 1. The molecule has 3 aromatic carbocycles. The van der Waals surface area contributed by atoms with Crippen LogP contribution in [0.4, 0.5) is 11.4 Å². The minimum atomic E-state index is -0.414. The average molecular weight is 404 g/mol. The van der Waals surface area contributed by atoms with Gasteiger partial charge in [0, 0.05) is 21.8 Å². The third-order valence-electron chi connectivity index (χ3n) is 4.94. The molecule has 0 unspecified atom stereocenters. The van der Waals surface area contributed by atoms with Crippen LogP contribution in [0.25, 0.3) is 11.3 Å². The highest BCUT2D eigenvalue weighted by Crippen LogP contribution is 2.38. The second kappa shape index (κ2) is 7.39. The Labute approximate surface area is 175 Å². The molecule has 0 aliphatic carbocycles. The minimum absolute atomic E-state index is 0.159. The largest absolute Gasteiger partial charge is 0.354 e. The fourth-order valence-electron chi connectivity index (χ4n) is 3.40. The zero-order valence-corrected chi connectivity index (χ0v) is 17.0. The Bertz CT molecular complexity index is 1100. The molecular weight excluding hydrogens is 382 g/mol. The first-order valence-corrected chi connectivity index (χ1v) is 9.78. The van der Waals surface area contributed by atoms with Crippen molar-refractivity contribution < 1.29 is 4.79 Å². The lowest BCUT2D eigenvalue weighted by Crippen LogP contribution is -2.28. The molecule has 4 nitrogen and oxygen atoms in total. The third-order valence-corrected chi connectivity index (χ3v) is 5.17. The maximum atomic E-state index is 12.9. The SMILES string of the molecule is CC(C)(N)c1ccc(N/C(=C2\C(=O)Nc3cc(Cl)ccc32)c2ccccc2)cc1. The second-order valence-corrected chi connectivity index (χ2v) is 8.12. The lowest BCUT2D eigenvalue weighted by Gasteiger charge is -2.20. The van der Waals surface area contributed by atoms with Gasteiger partial charge in [0.05, 0.1) is 17.0 Å². The van der Waals surface area contributed by atoms with Crippen molar-refractivity contribution in [3.8, 4) is 0 Å². The molecule has 0 aromatic heterocycles. The minimum Gasteiger partial charge on any atom is -0.354 e. The molecule has 5 heteroatoms. The smallest absolute Gasteiger partial charge is 0.258 e. The summed E-state index contributed by atoms with van der Waals surface area (Å²) in [6, 6.07) is 23.2. The monoisotopic (exact) mass is 403 g/mol. The van der Waals surface area contributed by atoms with Crippen LogP contribution in [-0.2, 0) is 10.3 Å². The molecule has 4 N–H and O–H groups in total. The van der Waals surface area contributed by atoms with Crippen molar-refractivity contribution in [3.05, 3.63) is 94.5 Å². The molecule has 1 aliphatic heterocycles. The van der Waals surface area contributed by atoms with Crippen molar-refractivity contribution in [3.63, 3.8) is 0 Å². The van der Waals surface area contributed by atoms with Crippen molar-refractivity contribution in [1.82, 2.24) is 0 Å². The molecule has 0 fully saturated rings. The van der Waals surface area contributed by atoms with Gasteiger partial charge in [-0.15, -0.1) is 0 Å². The summed E-state index contributed by atoms with van der Waals surface area (Å²) in [6.45, 7) is 3.94. The Morgan fingerprint density at radius 2 is 1.69 bits per heavy atom. The molecule has 4 rings (SSSR count). The Kier molecular flexibility index (Phi) is 4.91. The number of hydrogen-bond acceptors (Lipinski definition) is 3. The maximum absolute atomic E-state index is 12.9. The zero-order chi connectivity index (χ0) is 20.6. The fraction of sp³-hybridized carbons (Fsp3) is 0.125. The lowest BCUT2D eigenvalue weighted by atomic mass is 9.95. The molecule has 0 spiro atoms. The van der Waals surface area contributed by atoms with Gasteiger partial charge in [0.1, 0.15) is 0 Å². The molecule has 29 heavy (non-hydrogen) atoms. The highest BCUT2D eigenvalue weighted by Gasteiger charge is 2.28. The number of hydrogen-bond donors (Lipinski definition) is 3. The van der Waals surface area contributed by atoms with Crippen molar-refractivity contribution >= 4 is 40.2 Å². The highest BCUT2D eigenvalue weighted by molar-refractivity contribution is 6.38. The van der Waals surface area contributed by atoms with E-state index in [1.54, 1.807) is 12.1 Å². The summed E-state index contributed by atoms with van der Waals surface area (Å²) in [5, 5.41) is 6.95. The highest BCUT2D eigenvalue weighted by atomic mass is 35.5. The van der Waals surface area contributed by atoms with Gasteiger partial charge in [-0.2, -0.15) is 0 Å². The molecule has 0 bridgehead atoms. The van der Waals surface area contributed by atoms with Crippen LogP contribution >= 0.6 is 11.6 Å². The van der Waals surface area contributed by atoms with Crippen molar-refractivity contribution in [2.75, 3.05) is 10.6 Å². The third kappa shape index (κ3) is 3.90. The number of anilines is 2. The molecule has 0 atom stereocenters. The van der Waals surface area contributed by atoms with Crippen LogP contribution < -0.4 is 16.4 Å². The Hall–Kier alpha value is -3.08. The van der Waals surface area contributed by atoms with E-state index in [1.165, 1.54) is 0 Å². The predicted molar refractivity (Wildman–Crippen MR) is 121 cm³/mol. The van der Waals surface area contributed by atoms with E-state index in [2.05, 4.69) is 10.6 Å². The first-order chi connectivity index (χ1) is 13.8. The topological polar surface area (TPSA) is 67.1 Å². The van der Waals surface area contributed by atoms with E-state index in [0.29, 0.717) is 16.3 Å². The van der Waals surface area contributed by atoms with Gasteiger partial charge < -0.3 is 16.4 Å². The summed E-state index contributed by atoms with van der Waals surface area (Å²) < 4.78 is 0. The van der Waals surface area contributed by atoms with Gasteiger partial charge in [-0.3, -0.25) is 4.79 Å². The van der Waals surface area contributed by atoms with Crippen LogP contribution in [0, 0.1) is 0 Å². The van der Waals surface area contributed by atoms with E-state index in [9.17, 15) is 4.79 Å². The van der Waals surface area contributed by atoms with Crippen molar-refractivity contribution in [2.24, 2.45) is 5.73 Å². The molecular formula is C24H22ClN3O. The van der Waals surface area contributed by atoms with E-state index in [-0.39, 0.29) is 5.91 Å². The summed E-state index contributed by atoms with van der Waals surface area (Å²) in [6.07, 6.45) is 0. The number of benzene rings is 3. The van der Waals surface area contributed by atoms with E-state index in [0.717, 1.165) is 28.1 Å². The molecule has 0 saturated heterocycles. The van der Waals surface area contributed by atoms with E-state index in [1.807, 2.05) is 74.5 Å². The summed E-state index contributed by atoms with van der Waals surface area (Å²) in [5.74, 6) is -0.159. The van der Waals surface area contributed by atoms with Crippen LogP contribution in [0.1, 0.15) is 30.5 Å². The number of nitrogens with one attached hydrogen (secondary N) is 2. The summed E-state index contributed by atoms with van der Waals surface area (Å²) in [4.78, 5) is 12.9. The average Bonchev–Trinajstić information content (AvgIpc) is 3.01. The van der Waals surface area contributed by atoms with Gasteiger partial charge >= 0.3 is 0 Å². The zero-order valence-electron chi connectivity index (χ0n) is 16.3. The number of fused-ring (bicyclic) bond motifs is 1. The molecule has 1 heterocycles. The number of amides is 1. The molecule has 1 aliphatic rings. The first-order valence-electron chi connectivity index (χ1n) is 9.40. The van der Waals surface area contributed by atoms with Crippen LogP contribution in [0.5, 0.6) is 0 Å². The molecule has 0 saturated carbocycles. The molecule has 3 aromatic rings. The molecule has 1 amide bonds. The van der Waals surface area contributed by atoms with Crippen LogP contribution in [-0.4, -0.2) is 5.91 Å². The van der Waals surface area contributed by atoms with Gasteiger partial charge in [-0.25, -0.2) is 0 Å². The Morgan fingerprint density at radius 1 is 1.00 bits per heavy atom. The number of rotatable bonds is 4. The first kappa shape index (κ1) is 19.2. The summed E-state index contributed by atoms with van der Waals surface area (Å²) >= 11 is 6.10. The number of halogens is 1. The second-order valence-electron chi connectivity index (χ2n) is 7.68. The predicted octanol–water partition coefficient (Wildman–Crippen LogP) is 5.47. The van der Waals surface area contributed by atoms with Gasteiger partial charge in [-0.05, 0) is 49.2 Å². The number of nitrogens with two attached hydrogens (primary N) is 1. The van der Waals surface area contributed by atoms with Crippen LogP contribution in [0.15, 0.2) is 72.8 Å². The standard InChI is InChI=1S/C24H22ClN3O/c1-24(2,26)16-8-11-18(12-9-16)27-22(15-6-4-3-5-7-15)21-19-13-10-17(25)14-20(19)28-23(21)29/h3-14,27H,26H2,1-2H3,(H,28,29)/b22-21-. The maximum Gasteiger partial charge on any atom is 0.258 e. The molecule has 146 valence electrons. The van der Waals surface area contributed by atoms with E-state index in [4.69, 9.17) is 17.3 Å². The van der Waals surface area contributed by atoms with Crippen LogP contribution in [0.3, 0.4) is 0 Å². The van der Waals surface area contributed by atoms with Crippen molar-refractivity contribution in [2.45, 2.75) is 19.4 Å². The molecule has 0 radical (unpaired) electrons. The Balaban J connectivity index is 1.82. The van der Waals surface area contributed by atoms with E-state index < -0.39 is 5.54 Å². The quantitative estimate of drug-likeness (QED) is 0.506. The van der Waals surface area contributed by atoms with Gasteiger partial charge in [-0.1, -0.05) is 60.1 Å². The van der Waals surface area contributed by atoms with Crippen molar-refractivity contribution in [1.29, 1.82) is 0 Å². The van der Waals surface area contributed by atoms with Gasteiger partial charge in [0.15, 0.2) is 0 Å². The summed E-state index contributed by atoms with van der Waals surface area (Å²) in [7, 11) is 0. The fourth-order valence-corrected chi connectivity index (χ4v) is 3.58. The Morgan fingerprint density at radius 3 is 2.34 bits per heavy atom. The van der Waals surface area contributed by atoms with E-state index >= 15 is 0 Å². The number of carbonyl (C=O) groups excluding carboxylic acids is 1. The normalized spacial score (nSPS) is 15.0.